The second-order valence-electron chi connectivity index (χ2n) is 8.01. The number of alkyl halides is 5. The fourth-order valence-corrected chi connectivity index (χ4v) is 5.95. The molecule has 0 bridgehead atoms. The van der Waals surface area contributed by atoms with Gasteiger partial charge in [-0.3, -0.25) is 0 Å². The fraction of sp³-hybridized carbons (Fsp3) is 1.00. The van der Waals surface area contributed by atoms with E-state index in [1.54, 1.807) is 11.8 Å². The highest BCUT2D eigenvalue weighted by Crippen LogP contribution is 2.40. The van der Waals surface area contributed by atoms with Crippen molar-refractivity contribution in [2.24, 2.45) is 17.8 Å². The van der Waals surface area contributed by atoms with Crippen LogP contribution in [0.1, 0.15) is 44.9 Å². The Kier molecular flexibility index (Phi) is 8.74. The molecule has 3 N–H and O–H groups in total. The molecule has 0 aromatic heterocycles. The average molecular weight is 469 g/mol. The number of nitrogens with one attached hydrogen (secondary N) is 2. The van der Waals surface area contributed by atoms with Crippen molar-refractivity contribution in [3.8, 4) is 0 Å². The van der Waals surface area contributed by atoms with E-state index in [9.17, 15) is 26.7 Å². The van der Waals surface area contributed by atoms with E-state index in [0.717, 1.165) is 12.8 Å². The first kappa shape index (κ1) is 24.5. The van der Waals surface area contributed by atoms with Crippen LogP contribution in [0.2, 0.25) is 0 Å². The van der Waals surface area contributed by atoms with E-state index in [0.29, 0.717) is 32.2 Å². The number of sulfonamides is 1. The summed E-state index contributed by atoms with van der Waals surface area (Å²) in [6.07, 6.45) is 3.25. The van der Waals surface area contributed by atoms with Crippen LogP contribution in [0, 0.1) is 17.8 Å². The number of aliphatic hydroxyl groups excluding tert-OH is 1. The molecule has 2 aliphatic rings. The summed E-state index contributed by atoms with van der Waals surface area (Å²) < 4.78 is 62.5. The lowest BCUT2D eigenvalue weighted by Crippen LogP contribution is -2.48. The number of hydrogen-bond acceptors (Lipinski definition) is 4. The molecule has 28 heavy (non-hydrogen) atoms. The third kappa shape index (κ3) is 6.11. The van der Waals surface area contributed by atoms with E-state index in [-0.39, 0.29) is 34.9 Å². The Morgan fingerprint density at radius 2 is 1.75 bits per heavy atom. The van der Waals surface area contributed by atoms with Gasteiger partial charge in [0.1, 0.15) is 0 Å². The SMILES string of the molecule is CNC[C@@H](C1CCC(Cl)C(Cl)C1)[C@@H](O)C1CCCC(NS(=O)(=O)C(F)(F)F)C1. The molecule has 0 amide bonds. The zero-order valence-electron chi connectivity index (χ0n) is 15.8. The lowest BCUT2D eigenvalue weighted by molar-refractivity contribution is -0.0456. The van der Waals surface area contributed by atoms with Crippen molar-refractivity contribution in [2.75, 3.05) is 13.6 Å². The number of halogens is 5. The molecule has 5 unspecified atom stereocenters. The van der Waals surface area contributed by atoms with E-state index in [4.69, 9.17) is 23.2 Å². The van der Waals surface area contributed by atoms with Crippen molar-refractivity contribution in [1.29, 1.82) is 0 Å². The topological polar surface area (TPSA) is 78.4 Å². The molecule has 7 atom stereocenters. The van der Waals surface area contributed by atoms with Crippen LogP contribution in [0.3, 0.4) is 0 Å². The summed E-state index contributed by atoms with van der Waals surface area (Å²) >= 11 is 12.5. The molecule has 0 spiro atoms. The molecule has 2 saturated carbocycles. The molecule has 0 saturated heterocycles. The summed E-state index contributed by atoms with van der Waals surface area (Å²) in [6.45, 7) is 0.553. The van der Waals surface area contributed by atoms with Crippen LogP contribution in [0.25, 0.3) is 0 Å². The minimum atomic E-state index is -5.39. The molecule has 2 rings (SSSR count). The molecule has 5 nitrogen and oxygen atoms in total. The lowest BCUT2D eigenvalue weighted by atomic mass is 9.71. The van der Waals surface area contributed by atoms with Crippen molar-refractivity contribution in [3.63, 3.8) is 0 Å². The van der Waals surface area contributed by atoms with Gasteiger partial charge in [-0.15, -0.1) is 23.2 Å². The molecular formula is C17H29Cl2F3N2O3S. The molecule has 0 aliphatic heterocycles. The quantitative estimate of drug-likeness (QED) is 0.501. The number of hydrogen-bond donors (Lipinski definition) is 3. The van der Waals surface area contributed by atoms with Crippen LogP contribution in [-0.4, -0.2) is 55.5 Å². The van der Waals surface area contributed by atoms with Crippen molar-refractivity contribution in [1.82, 2.24) is 10.0 Å². The van der Waals surface area contributed by atoms with Crippen LogP contribution >= 0.6 is 23.2 Å². The van der Waals surface area contributed by atoms with E-state index < -0.39 is 27.7 Å². The van der Waals surface area contributed by atoms with Gasteiger partial charge in [0.25, 0.3) is 0 Å². The highest BCUT2D eigenvalue weighted by molar-refractivity contribution is 7.90. The summed E-state index contributed by atoms with van der Waals surface area (Å²) in [5.41, 5.74) is -5.33. The first-order valence-electron chi connectivity index (χ1n) is 9.65. The maximum Gasteiger partial charge on any atom is 0.511 e. The van der Waals surface area contributed by atoms with Gasteiger partial charge in [-0.2, -0.15) is 13.2 Å². The van der Waals surface area contributed by atoms with Crippen LogP contribution in [0.4, 0.5) is 13.2 Å². The van der Waals surface area contributed by atoms with Gasteiger partial charge in [0.15, 0.2) is 0 Å². The summed E-state index contributed by atoms with van der Waals surface area (Å²) in [5, 5.41) is 13.8. The second-order valence-corrected chi connectivity index (χ2v) is 10.8. The monoisotopic (exact) mass is 468 g/mol. The van der Waals surface area contributed by atoms with Gasteiger partial charge in [-0.25, -0.2) is 13.1 Å². The highest BCUT2D eigenvalue weighted by Gasteiger charge is 2.47. The third-order valence-electron chi connectivity index (χ3n) is 6.04. The maximum absolute atomic E-state index is 12.7. The van der Waals surface area contributed by atoms with Gasteiger partial charge in [0, 0.05) is 23.9 Å². The molecule has 2 fully saturated rings. The number of rotatable bonds is 7. The van der Waals surface area contributed by atoms with Gasteiger partial charge < -0.3 is 10.4 Å². The molecular weight excluding hydrogens is 440 g/mol. The van der Waals surface area contributed by atoms with E-state index in [2.05, 4.69) is 5.32 Å². The van der Waals surface area contributed by atoms with Crippen LogP contribution < -0.4 is 10.0 Å². The zero-order valence-corrected chi connectivity index (χ0v) is 18.1. The summed E-state index contributed by atoms with van der Waals surface area (Å²) in [7, 11) is -3.60. The second kappa shape index (κ2) is 10.0. The third-order valence-corrected chi connectivity index (χ3v) is 8.43. The zero-order chi connectivity index (χ0) is 21.1. The van der Waals surface area contributed by atoms with Crippen molar-refractivity contribution < 1.29 is 26.7 Å². The molecule has 2 aliphatic carbocycles. The van der Waals surface area contributed by atoms with Gasteiger partial charge in [0.2, 0.25) is 0 Å². The molecule has 0 radical (unpaired) electrons. The van der Waals surface area contributed by atoms with Crippen LogP contribution in [0.15, 0.2) is 0 Å². The Balaban J connectivity index is 2.04. The van der Waals surface area contributed by atoms with Crippen molar-refractivity contribution >= 4 is 33.2 Å². The van der Waals surface area contributed by atoms with Gasteiger partial charge in [0.05, 0.1) is 11.5 Å². The van der Waals surface area contributed by atoms with Gasteiger partial charge >= 0.3 is 15.5 Å². The summed E-state index contributed by atoms with van der Waals surface area (Å²) in [4.78, 5) is 0. The van der Waals surface area contributed by atoms with E-state index >= 15 is 0 Å². The predicted octanol–water partition coefficient (Wildman–Crippen LogP) is 3.20. The van der Waals surface area contributed by atoms with Gasteiger partial charge in [-0.05, 0) is 57.4 Å². The van der Waals surface area contributed by atoms with E-state index in [1.165, 1.54) is 0 Å². The van der Waals surface area contributed by atoms with Crippen molar-refractivity contribution in [2.45, 2.75) is 73.4 Å². The maximum atomic E-state index is 12.7. The lowest BCUT2D eigenvalue weighted by Gasteiger charge is -2.41. The Bertz CT molecular complexity index is 609. The minimum absolute atomic E-state index is 0.0962. The standard InChI is InChI=1S/C17H29Cl2F3N2O3S/c1-23-9-13(10-5-6-14(18)15(19)8-10)16(25)11-3-2-4-12(7-11)24-28(26,27)17(20,21)22/h10-16,23-25H,2-9H2,1H3/t10?,11?,12?,13-,14?,15?,16-/m0/s1. The Labute approximate surface area is 174 Å². The first-order chi connectivity index (χ1) is 13.0. The van der Waals surface area contributed by atoms with Crippen LogP contribution in [0.5, 0.6) is 0 Å². The Morgan fingerprint density at radius 1 is 1.07 bits per heavy atom. The average Bonchev–Trinajstić information content (AvgIpc) is 2.60. The summed E-state index contributed by atoms with van der Waals surface area (Å²) in [6, 6.07) is -0.824. The van der Waals surface area contributed by atoms with Crippen LogP contribution in [-0.2, 0) is 10.0 Å². The predicted molar refractivity (Wildman–Crippen MR) is 104 cm³/mol. The first-order valence-corrected chi connectivity index (χ1v) is 12.0. The normalized spacial score (nSPS) is 34.8. The number of aliphatic hydroxyl groups is 1. The van der Waals surface area contributed by atoms with Crippen molar-refractivity contribution in [3.05, 3.63) is 0 Å². The summed E-state index contributed by atoms with van der Waals surface area (Å²) in [5.74, 6) is -0.221. The largest absolute Gasteiger partial charge is 0.511 e. The molecule has 166 valence electrons. The Morgan fingerprint density at radius 3 is 2.32 bits per heavy atom. The molecule has 0 aromatic rings. The smallest absolute Gasteiger partial charge is 0.392 e. The van der Waals surface area contributed by atoms with E-state index in [1.807, 2.05) is 0 Å². The Hall–Kier alpha value is 0.200. The fourth-order valence-electron chi connectivity index (χ4n) is 4.58. The molecule has 0 aromatic carbocycles. The minimum Gasteiger partial charge on any atom is -0.392 e. The highest BCUT2D eigenvalue weighted by atomic mass is 35.5. The van der Waals surface area contributed by atoms with Gasteiger partial charge in [-0.1, -0.05) is 6.42 Å². The molecule has 11 heteroatoms. The molecule has 0 heterocycles.